The minimum atomic E-state index is 0.562. The molecule has 0 aliphatic carbocycles. The zero-order chi connectivity index (χ0) is 33.0. The quantitative estimate of drug-likeness (QED) is 0.188. The van der Waals surface area contributed by atoms with E-state index in [9.17, 15) is 0 Å². The topological polar surface area (TPSA) is 61.4 Å². The van der Waals surface area contributed by atoms with E-state index in [-0.39, 0.29) is 0 Å². The molecule has 10 aromatic rings. The summed E-state index contributed by atoms with van der Waals surface area (Å²) >= 11 is 0. The Balaban J connectivity index is 1.28. The maximum Gasteiger partial charge on any atom is 0.238 e. The van der Waals surface area contributed by atoms with Crippen LogP contribution in [0.15, 0.2) is 170 Å². The number of benzene rings is 6. The van der Waals surface area contributed by atoms with Gasteiger partial charge in [-0.05, 0) is 47.5 Å². The lowest BCUT2D eigenvalue weighted by atomic mass is 9.99. The highest BCUT2D eigenvalue weighted by Gasteiger charge is 2.22. The lowest BCUT2D eigenvalue weighted by Crippen LogP contribution is -2.07. The molecule has 0 bridgehead atoms. The van der Waals surface area contributed by atoms with Gasteiger partial charge in [0.2, 0.25) is 5.95 Å². The van der Waals surface area contributed by atoms with Gasteiger partial charge in [-0.25, -0.2) is 4.98 Å². The molecule has 6 heteroatoms. The molecule has 0 amide bonds. The van der Waals surface area contributed by atoms with Crippen molar-refractivity contribution in [2.24, 2.45) is 0 Å². The van der Waals surface area contributed by atoms with Gasteiger partial charge in [0.1, 0.15) is 0 Å². The van der Waals surface area contributed by atoms with Crippen LogP contribution in [0.5, 0.6) is 0 Å². The van der Waals surface area contributed by atoms with Gasteiger partial charge in [0.25, 0.3) is 0 Å². The molecule has 0 aliphatic heterocycles. The molecule has 6 nitrogen and oxygen atoms in total. The fourth-order valence-corrected chi connectivity index (χ4v) is 7.33. The van der Waals surface area contributed by atoms with Gasteiger partial charge < -0.3 is 4.57 Å². The molecule has 0 fully saturated rings. The van der Waals surface area contributed by atoms with Crippen molar-refractivity contribution >= 4 is 43.6 Å². The van der Waals surface area contributed by atoms with Gasteiger partial charge in [0.15, 0.2) is 11.6 Å². The van der Waals surface area contributed by atoms with Crippen molar-refractivity contribution < 1.29 is 0 Å². The third kappa shape index (κ3) is 4.36. The molecule has 10 rings (SSSR count). The molecule has 0 radical (unpaired) electrons. The standard InChI is InChI=1S/C44H28N6/c1-3-14-29(15-4-1)31-21-13-25-40-41(31)33-19-8-11-23-37(33)50(40)44-47-42(30-16-5-2-6-17-30)46-43(48-44)34-20-9-12-24-38(34)49-36-22-10-7-18-32(36)35-28-45-27-26-39(35)49/h1-28H. The normalized spacial score (nSPS) is 11.6. The van der Waals surface area contributed by atoms with Crippen LogP contribution in [-0.2, 0) is 0 Å². The van der Waals surface area contributed by atoms with Gasteiger partial charge in [-0.2, -0.15) is 9.97 Å². The van der Waals surface area contributed by atoms with Crippen LogP contribution in [0.1, 0.15) is 0 Å². The van der Waals surface area contributed by atoms with Crippen molar-refractivity contribution in [1.82, 2.24) is 29.1 Å². The highest BCUT2D eigenvalue weighted by molar-refractivity contribution is 6.15. The van der Waals surface area contributed by atoms with E-state index in [2.05, 4.69) is 135 Å². The Kier molecular flexibility index (Phi) is 6.39. The summed E-state index contributed by atoms with van der Waals surface area (Å²) in [5.41, 5.74) is 9.37. The van der Waals surface area contributed by atoms with Gasteiger partial charge in [-0.1, -0.05) is 121 Å². The Hall–Kier alpha value is -6.92. The summed E-state index contributed by atoms with van der Waals surface area (Å²) in [4.78, 5) is 20.2. The average molecular weight is 641 g/mol. The Labute approximate surface area is 287 Å². The molecule has 4 heterocycles. The summed E-state index contributed by atoms with van der Waals surface area (Å²) in [6.45, 7) is 0. The Morgan fingerprint density at radius 2 is 0.980 bits per heavy atom. The molecular weight excluding hydrogens is 613 g/mol. The smallest absolute Gasteiger partial charge is 0.238 e. The van der Waals surface area contributed by atoms with Gasteiger partial charge in [-0.15, -0.1) is 0 Å². The van der Waals surface area contributed by atoms with Crippen LogP contribution < -0.4 is 0 Å². The van der Waals surface area contributed by atoms with Gasteiger partial charge >= 0.3 is 0 Å². The first-order valence-electron chi connectivity index (χ1n) is 16.7. The van der Waals surface area contributed by atoms with Crippen molar-refractivity contribution in [2.45, 2.75) is 0 Å². The Morgan fingerprint density at radius 1 is 0.380 bits per heavy atom. The molecular formula is C44H28N6. The number of nitrogens with zero attached hydrogens (tertiary/aromatic N) is 6. The molecule has 0 unspecified atom stereocenters. The molecule has 0 atom stereocenters. The lowest BCUT2D eigenvalue weighted by molar-refractivity contribution is 0.951. The number of hydrogen-bond donors (Lipinski definition) is 0. The summed E-state index contributed by atoms with van der Waals surface area (Å²) in [5, 5.41) is 4.55. The summed E-state index contributed by atoms with van der Waals surface area (Å²) in [6, 6.07) is 54.6. The van der Waals surface area contributed by atoms with E-state index in [1.165, 1.54) is 5.56 Å². The maximum absolute atomic E-state index is 5.32. The molecule has 0 aliphatic rings. The number of pyridine rings is 1. The molecule has 234 valence electrons. The predicted octanol–water partition coefficient (Wildman–Crippen LogP) is 10.5. The van der Waals surface area contributed by atoms with Crippen molar-refractivity contribution in [3.8, 4) is 45.5 Å². The zero-order valence-corrected chi connectivity index (χ0v) is 26.8. The number of fused-ring (bicyclic) bond motifs is 6. The Bertz CT molecular complexity index is 2820. The van der Waals surface area contributed by atoms with Crippen LogP contribution >= 0.6 is 0 Å². The van der Waals surface area contributed by atoms with Crippen molar-refractivity contribution in [3.05, 3.63) is 170 Å². The zero-order valence-electron chi connectivity index (χ0n) is 26.8. The average Bonchev–Trinajstić information content (AvgIpc) is 3.72. The first kappa shape index (κ1) is 28.1. The molecule has 0 N–H and O–H groups in total. The third-order valence-corrected chi connectivity index (χ3v) is 9.50. The third-order valence-electron chi connectivity index (χ3n) is 9.50. The minimum Gasteiger partial charge on any atom is -0.308 e. The number of rotatable bonds is 5. The lowest BCUT2D eigenvalue weighted by Gasteiger charge is -2.15. The van der Waals surface area contributed by atoms with Crippen LogP contribution in [0.4, 0.5) is 0 Å². The number of hydrogen-bond acceptors (Lipinski definition) is 4. The van der Waals surface area contributed by atoms with E-state index in [1.807, 2.05) is 48.8 Å². The van der Waals surface area contributed by atoms with E-state index in [1.54, 1.807) is 0 Å². The summed E-state index contributed by atoms with van der Waals surface area (Å²) in [7, 11) is 0. The predicted molar refractivity (Wildman–Crippen MR) is 203 cm³/mol. The van der Waals surface area contributed by atoms with E-state index in [0.29, 0.717) is 17.6 Å². The van der Waals surface area contributed by atoms with Gasteiger partial charge in [0, 0.05) is 45.1 Å². The number of para-hydroxylation sites is 3. The van der Waals surface area contributed by atoms with Crippen LogP contribution in [0.3, 0.4) is 0 Å². The van der Waals surface area contributed by atoms with Crippen LogP contribution in [0.25, 0.3) is 89.2 Å². The minimum absolute atomic E-state index is 0.562. The number of aromatic nitrogens is 6. The van der Waals surface area contributed by atoms with E-state index >= 15 is 0 Å². The second-order valence-corrected chi connectivity index (χ2v) is 12.3. The molecule has 6 aromatic carbocycles. The van der Waals surface area contributed by atoms with Gasteiger partial charge in [-0.3, -0.25) is 9.55 Å². The molecule has 0 saturated carbocycles. The molecule has 50 heavy (non-hydrogen) atoms. The fourth-order valence-electron chi connectivity index (χ4n) is 7.33. The Morgan fingerprint density at radius 3 is 1.80 bits per heavy atom. The second-order valence-electron chi connectivity index (χ2n) is 12.3. The highest BCUT2D eigenvalue weighted by atomic mass is 15.2. The van der Waals surface area contributed by atoms with Gasteiger partial charge in [0.05, 0.1) is 27.8 Å². The summed E-state index contributed by atoms with van der Waals surface area (Å²) in [6.07, 6.45) is 3.79. The largest absolute Gasteiger partial charge is 0.308 e. The molecule has 0 saturated heterocycles. The van der Waals surface area contributed by atoms with E-state index in [4.69, 9.17) is 15.0 Å². The van der Waals surface area contributed by atoms with E-state index in [0.717, 1.165) is 66.0 Å². The van der Waals surface area contributed by atoms with Crippen LogP contribution in [0, 0.1) is 0 Å². The first-order valence-corrected chi connectivity index (χ1v) is 16.7. The summed E-state index contributed by atoms with van der Waals surface area (Å²) < 4.78 is 4.48. The van der Waals surface area contributed by atoms with Crippen LogP contribution in [-0.4, -0.2) is 29.1 Å². The van der Waals surface area contributed by atoms with E-state index < -0.39 is 0 Å². The van der Waals surface area contributed by atoms with Crippen molar-refractivity contribution in [2.75, 3.05) is 0 Å². The maximum atomic E-state index is 5.32. The van der Waals surface area contributed by atoms with Crippen LogP contribution in [0.2, 0.25) is 0 Å². The van der Waals surface area contributed by atoms with Crippen molar-refractivity contribution in [3.63, 3.8) is 0 Å². The first-order chi connectivity index (χ1) is 24.8. The highest BCUT2D eigenvalue weighted by Crippen LogP contribution is 2.39. The summed E-state index contributed by atoms with van der Waals surface area (Å²) in [5.74, 6) is 1.76. The monoisotopic (exact) mass is 640 g/mol. The van der Waals surface area contributed by atoms with Crippen molar-refractivity contribution in [1.29, 1.82) is 0 Å². The fraction of sp³-hybridized carbons (Fsp3) is 0. The molecule has 4 aromatic heterocycles. The second kappa shape index (κ2) is 11.4. The molecule has 0 spiro atoms. The SMILES string of the molecule is c1ccc(-c2nc(-c3ccccc3-n3c4ccccc4c4cnccc43)nc(-n3c4ccccc4c4c(-c5ccccc5)cccc43)n2)cc1.